The molecule has 3 unspecified atom stereocenters. The van der Waals surface area contributed by atoms with E-state index in [0.717, 1.165) is 49.1 Å². The molecule has 3 aliphatic rings. The predicted molar refractivity (Wildman–Crippen MR) is 150 cm³/mol. The van der Waals surface area contributed by atoms with Crippen LogP contribution in [0.3, 0.4) is 0 Å². The summed E-state index contributed by atoms with van der Waals surface area (Å²) < 4.78 is 37.6. The highest BCUT2D eigenvalue weighted by Gasteiger charge is 2.25. The topological polar surface area (TPSA) is 66.3 Å². The van der Waals surface area contributed by atoms with Crippen molar-refractivity contribution >= 4 is 11.9 Å². The lowest BCUT2D eigenvalue weighted by Gasteiger charge is -2.24. The summed E-state index contributed by atoms with van der Waals surface area (Å²) in [4.78, 5) is 6.48. The number of hydrogen-bond acceptors (Lipinski definition) is 6. The van der Waals surface area contributed by atoms with Crippen molar-refractivity contribution in [1.29, 1.82) is 0 Å². The van der Waals surface area contributed by atoms with Crippen molar-refractivity contribution in [1.82, 2.24) is 5.32 Å². The molecule has 39 heavy (non-hydrogen) atoms. The minimum Gasteiger partial charge on any atom is -0.493 e. The number of anilines is 1. The van der Waals surface area contributed by atoms with Gasteiger partial charge in [-0.2, -0.15) is 0 Å². The van der Waals surface area contributed by atoms with Crippen molar-refractivity contribution in [3.8, 4) is 11.5 Å². The fourth-order valence-corrected chi connectivity index (χ4v) is 5.02. The van der Waals surface area contributed by atoms with Gasteiger partial charge in [-0.1, -0.05) is 24.3 Å². The van der Waals surface area contributed by atoms with Gasteiger partial charge in [-0.25, -0.2) is 8.78 Å². The maximum absolute atomic E-state index is 12.8. The number of aliphatic imine (C=N–C) groups is 1. The van der Waals surface area contributed by atoms with Crippen LogP contribution in [0.15, 0.2) is 77.8 Å². The van der Waals surface area contributed by atoms with E-state index in [1.807, 2.05) is 36.4 Å². The number of dihydropyridines is 1. The van der Waals surface area contributed by atoms with Gasteiger partial charge in [0, 0.05) is 49.3 Å². The van der Waals surface area contributed by atoms with Crippen molar-refractivity contribution in [3.05, 3.63) is 78.4 Å². The van der Waals surface area contributed by atoms with Crippen molar-refractivity contribution in [2.45, 2.75) is 50.5 Å². The summed E-state index contributed by atoms with van der Waals surface area (Å²) in [5, 5.41) is 13.8. The van der Waals surface area contributed by atoms with Gasteiger partial charge in [-0.3, -0.25) is 10.3 Å². The van der Waals surface area contributed by atoms with E-state index >= 15 is 0 Å². The van der Waals surface area contributed by atoms with Crippen LogP contribution >= 0.6 is 0 Å². The Bertz CT molecular complexity index is 1150. The summed E-state index contributed by atoms with van der Waals surface area (Å²) in [6.07, 6.45) is 4.81. The molecule has 0 amide bonds. The summed E-state index contributed by atoms with van der Waals surface area (Å²) in [6.45, 7) is 6.77. The lowest BCUT2D eigenvalue weighted by atomic mass is 9.98. The van der Waals surface area contributed by atoms with E-state index in [9.17, 15) is 13.9 Å². The average molecular weight is 538 g/mol. The van der Waals surface area contributed by atoms with E-state index in [1.165, 1.54) is 18.5 Å². The van der Waals surface area contributed by atoms with Crippen LogP contribution in [0, 0.1) is 11.8 Å². The standard InChI is InChI=1S/C31H37F2N3O3/c1-2-29(35-31(37)24-15-22(16-30(32)33)17-34-18-24)23-5-9-27(10-6-23)39-28-13-14-36(19-28)25-7-11-26(12-8-25)38-20-21-3-4-21/h2,5-12,15,18,21-22,28-31,35,37H,1,3-4,13-14,16-17,19-20H2/t22?,28-,29?,31?/m1/s1. The Morgan fingerprint density at radius 1 is 1.08 bits per heavy atom. The SMILES string of the molecule is C=CC(NC(O)C1=CC(CC(F)F)CN=C1)c1ccc(O[C@@H]2CCN(c3ccc(OCC4CC4)cc3)C2)cc1. The molecular weight excluding hydrogens is 500 g/mol. The number of nitrogens with one attached hydrogen (secondary N) is 1. The second-order valence-electron chi connectivity index (χ2n) is 10.6. The van der Waals surface area contributed by atoms with Gasteiger partial charge in [0.25, 0.3) is 0 Å². The number of halogens is 2. The van der Waals surface area contributed by atoms with E-state index in [1.54, 1.807) is 18.4 Å². The summed E-state index contributed by atoms with van der Waals surface area (Å²) in [7, 11) is 0. The molecule has 4 atom stereocenters. The smallest absolute Gasteiger partial charge is 0.239 e. The first kappa shape index (κ1) is 27.3. The summed E-state index contributed by atoms with van der Waals surface area (Å²) in [6, 6.07) is 15.7. The first-order valence-electron chi connectivity index (χ1n) is 13.8. The molecule has 6 nitrogen and oxygen atoms in total. The molecule has 2 aromatic carbocycles. The fourth-order valence-electron chi connectivity index (χ4n) is 5.02. The number of aliphatic hydroxyl groups excluding tert-OH is 1. The van der Waals surface area contributed by atoms with Gasteiger partial charge in [0.2, 0.25) is 6.43 Å². The van der Waals surface area contributed by atoms with Gasteiger partial charge in [0.1, 0.15) is 23.8 Å². The van der Waals surface area contributed by atoms with Crippen molar-refractivity contribution in [3.63, 3.8) is 0 Å². The molecule has 0 spiro atoms. The molecule has 2 aromatic rings. The molecule has 2 fully saturated rings. The van der Waals surface area contributed by atoms with Gasteiger partial charge < -0.3 is 19.5 Å². The largest absolute Gasteiger partial charge is 0.493 e. The first-order valence-corrected chi connectivity index (χ1v) is 13.8. The van der Waals surface area contributed by atoms with Crippen LogP contribution in [0.5, 0.6) is 11.5 Å². The van der Waals surface area contributed by atoms with Crippen LogP contribution in [0.2, 0.25) is 0 Å². The zero-order valence-corrected chi connectivity index (χ0v) is 22.1. The highest BCUT2D eigenvalue weighted by Crippen LogP contribution is 2.31. The van der Waals surface area contributed by atoms with E-state index in [0.29, 0.717) is 12.1 Å². The van der Waals surface area contributed by atoms with Gasteiger partial charge >= 0.3 is 0 Å². The molecule has 1 aliphatic carbocycles. The van der Waals surface area contributed by atoms with Crippen LogP contribution in [0.1, 0.15) is 37.3 Å². The molecular formula is C31H37F2N3O3. The summed E-state index contributed by atoms with van der Waals surface area (Å²) in [5.74, 6) is 2.08. The van der Waals surface area contributed by atoms with Gasteiger partial charge in [-0.05, 0) is 60.7 Å². The van der Waals surface area contributed by atoms with Crippen LogP contribution in [-0.2, 0) is 0 Å². The highest BCUT2D eigenvalue weighted by atomic mass is 19.3. The van der Waals surface area contributed by atoms with Crippen molar-refractivity contribution in [2.24, 2.45) is 16.8 Å². The quantitative estimate of drug-likeness (QED) is 0.259. The van der Waals surface area contributed by atoms with Gasteiger partial charge in [0.05, 0.1) is 19.2 Å². The van der Waals surface area contributed by atoms with E-state index in [-0.39, 0.29) is 24.5 Å². The number of rotatable bonds is 13. The number of ether oxygens (including phenoxy) is 2. The molecule has 5 rings (SSSR count). The number of nitrogens with zero attached hydrogens (tertiary/aromatic N) is 2. The second-order valence-corrected chi connectivity index (χ2v) is 10.6. The molecule has 2 N–H and O–H groups in total. The number of aliphatic hydroxyl groups is 1. The molecule has 1 saturated heterocycles. The minimum atomic E-state index is -2.40. The third-order valence-corrected chi connectivity index (χ3v) is 7.45. The second kappa shape index (κ2) is 12.7. The highest BCUT2D eigenvalue weighted by molar-refractivity contribution is 5.80. The maximum atomic E-state index is 12.8. The normalized spacial score (nSPS) is 22.5. The van der Waals surface area contributed by atoms with Crippen molar-refractivity contribution in [2.75, 3.05) is 31.1 Å². The minimum absolute atomic E-state index is 0.0931. The lowest BCUT2D eigenvalue weighted by Crippen LogP contribution is -2.35. The molecule has 8 heteroatoms. The Hall–Kier alpha value is -3.23. The van der Waals surface area contributed by atoms with Crippen LogP contribution in [-0.4, -0.2) is 56.3 Å². The third-order valence-electron chi connectivity index (χ3n) is 7.45. The Labute approximate surface area is 229 Å². The van der Waals surface area contributed by atoms with Crippen LogP contribution < -0.4 is 19.7 Å². The molecule has 208 valence electrons. The summed E-state index contributed by atoms with van der Waals surface area (Å²) in [5.41, 5.74) is 2.57. The number of hydrogen-bond donors (Lipinski definition) is 2. The Morgan fingerprint density at radius 3 is 2.51 bits per heavy atom. The fraction of sp³-hybridized carbons (Fsp3) is 0.452. The van der Waals surface area contributed by atoms with Crippen molar-refractivity contribution < 1.29 is 23.4 Å². The Balaban J connectivity index is 1.11. The molecule has 0 aromatic heterocycles. The third kappa shape index (κ3) is 7.67. The molecule has 0 radical (unpaired) electrons. The first-order chi connectivity index (χ1) is 19.0. The van der Waals surface area contributed by atoms with E-state index in [4.69, 9.17) is 9.47 Å². The van der Waals surface area contributed by atoms with E-state index < -0.39 is 12.7 Å². The molecule has 2 aliphatic heterocycles. The zero-order valence-electron chi connectivity index (χ0n) is 22.1. The predicted octanol–water partition coefficient (Wildman–Crippen LogP) is 5.55. The lowest BCUT2D eigenvalue weighted by molar-refractivity contribution is 0.123. The summed E-state index contributed by atoms with van der Waals surface area (Å²) >= 11 is 0. The van der Waals surface area contributed by atoms with Crippen LogP contribution in [0.4, 0.5) is 14.5 Å². The molecule has 0 bridgehead atoms. The average Bonchev–Trinajstić information content (AvgIpc) is 3.67. The Morgan fingerprint density at radius 2 is 1.82 bits per heavy atom. The van der Waals surface area contributed by atoms with Gasteiger partial charge in [-0.15, -0.1) is 6.58 Å². The van der Waals surface area contributed by atoms with Gasteiger partial charge in [0.15, 0.2) is 0 Å². The number of benzene rings is 2. The zero-order chi connectivity index (χ0) is 27.2. The number of alkyl halides is 2. The van der Waals surface area contributed by atoms with E-state index in [2.05, 4.69) is 33.9 Å². The maximum Gasteiger partial charge on any atom is 0.239 e. The molecule has 1 saturated carbocycles. The Kier molecular flexibility index (Phi) is 8.94. The molecule has 2 heterocycles. The monoisotopic (exact) mass is 537 g/mol. The van der Waals surface area contributed by atoms with Crippen LogP contribution in [0.25, 0.3) is 0 Å².